The van der Waals surface area contributed by atoms with Gasteiger partial charge in [0, 0.05) is 31.2 Å². The number of hydrogen-bond donors (Lipinski definition) is 1. The van der Waals surface area contributed by atoms with Crippen LogP contribution in [0.15, 0.2) is 27.7 Å². The summed E-state index contributed by atoms with van der Waals surface area (Å²) in [6.45, 7) is 6.79. The molecule has 0 aromatic heterocycles. The Morgan fingerprint density at radius 1 is 1.40 bits per heavy atom. The monoisotopic (exact) mass is 523 g/mol. The normalized spacial score (nSPS) is 15.5. The highest BCUT2D eigenvalue weighted by atomic mass is 127. The van der Waals surface area contributed by atoms with Crippen LogP contribution >= 0.6 is 39.9 Å². The van der Waals surface area contributed by atoms with Crippen LogP contribution in [0.2, 0.25) is 0 Å². The van der Waals surface area contributed by atoms with Gasteiger partial charge in [-0.3, -0.25) is 9.79 Å². The van der Waals surface area contributed by atoms with Crippen molar-refractivity contribution in [1.82, 2.24) is 10.2 Å². The SMILES string of the molecule is CCOC(=O)C1CCN(C(=NC)NCc2ccc(Br)cc2C)CC1.I. The number of ether oxygens (including phenoxy) is 1. The molecular weight excluding hydrogens is 497 g/mol. The van der Waals surface area contributed by atoms with Crippen LogP contribution in [0.25, 0.3) is 0 Å². The van der Waals surface area contributed by atoms with Gasteiger partial charge in [-0.15, -0.1) is 24.0 Å². The summed E-state index contributed by atoms with van der Waals surface area (Å²) in [6, 6.07) is 6.29. The van der Waals surface area contributed by atoms with Crippen LogP contribution in [0.5, 0.6) is 0 Å². The second-order valence-corrected chi connectivity index (χ2v) is 6.90. The van der Waals surface area contributed by atoms with Gasteiger partial charge in [0.1, 0.15) is 0 Å². The smallest absolute Gasteiger partial charge is 0.309 e. The lowest BCUT2D eigenvalue weighted by molar-refractivity contribution is -0.149. The lowest BCUT2D eigenvalue weighted by Crippen LogP contribution is -2.46. The number of carbonyl (C=O) groups is 1. The number of carbonyl (C=O) groups excluding carboxylic acids is 1. The Labute approximate surface area is 175 Å². The van der Waals surface area contributed by atoms with Gasteiger partial charge < -0.3 is 15.0 Å². The van der Waals surface area contributed by atoms with Crippen molar-refractivity contribution in [3.8, 4) is 0 Å². The summed E-state index contributed by atoms with van der Waals surface area (Å²) in [7, 11) is 1.80. The van der Waals surface area contributed by atoms with Crippen LogP contribution in [0.4, 0.5) is 0 Å². The molecule has 140 valence electrons. The maximum Gasteiger partial charge on any atom is 0.309 e. The van der Waals surface area contributed by atoms with Gasteiger partial charge >= 0.3 is 5.97 Å². The second kappa shape index (κ2) is 11.0. The molecule has 0 spiro atoms. The number of nitrogens with one attached hydrogen (secondary N) is 1. The summed E-state index contributed by atoms with van der Waals surface area (Å²) in [5, 5.41) is 3.43. The number of halogens is 2. The maximum absolute atomic E-state index is 11.8. The maximum atomic E-state index is 11.8. The van der Waals surface area contributed by atoms with Gasteiger partial charge in [-0.25, -0.2) is 0 Å². The molecular formula is C18H27BrIN3O2. The number of likely N-dealkylation sites (tertiary alicyclic amines) is 1. The van der Waals surface area contributed by atoms with Crippen LogP contribution in [0.1, 0.15) is 30.9 Å². The minimum absolute atomic E-state index is 0. The molecule has 0 amide bonds. The van der Waals surface area contributed by atoms with Crippen molar-refractivity contribution in [3.63, 3.8) is 0 Å². The van der Waals surface area contributed by atoms with Gasteiger partial charge in [0.05, 0.1) is 12.5 Å². The molecule has 7 heteroatoms. The Balaban J connectivity index is 0.00000312. The third kappa shape index (κ3) is 6.44. The van der Waals surface area contributed by atoms with E-state index in [0.717, 1.165) is 42.9 Å². The van der Waals surface area contributed by atoms with Crippen molar-refractivity contribution in [2.24, 2.45) is 10.9 Å². The van der Waals surface area contributed by atoms with Crippen LogP contribution in [-0.4, -0.2) is 43.6 Å². The molecule has 1 aliphatic heterocycles. The van der Waals surface area contributed by atoms with Gasteiger partial charge in [0.2, 0.25) is 0 Å². The quantitative estimate of drug-likeness (QED) is 0.283. The topological polar surface area (TPSA) is 53.9 Å². The lowest BCUT2D eigenvalue weighted by Gasteiger charge is -2.33. The fraction of sp³-hybridized carbons (Fsp3) is 0.556. The molecule has 1 N–H and O–H groups in total. The molecule has 1 aliphatic rings. The number of aryl methyl sites for hydroxylation is 1. The van der Waals surface area contributed by atoms with Crippen LogP contribution < -0.4 is 5.32 Å². The fourth-order valence-corrected chi connectivity index (χ4v) is 3.43. The molecule has 0 atom stereocenters. The number of benzene rings is 1. The molecule has 0 unspecified atom stereocenters. The highest BCUT2D eigenvalue weighted by molar-refractivity contribution is 14.0. The molecule has 2 rings (SSSR count). The Morgan fingerprint density at radius 2 is 2.08 bits per heavy atom. The van der Waals surface area contributed by atoms with Crippen LogP contribution in [0, 0.1) is 12.8 Å². The number of rotatable bonds is 4. The zero-order chi connectivity index (χ0) is 17.5. The van der Waals surface area contributed by atoms with E-state index >= 15 is 0 Å². The fourth-order valence-electron chi connectivity index (χ4n) is 2.95. The van der Waals surface area contributed by atoms with Crippen LogP contribution in [-0.2, 0) is 16.1 Å². The summed E-state index contributed by atoms with van der Waals surface area (Å²) in [5.41, 5.74) is 2.49. The summed E-state index contributed by atoms with van der Waals surface area (Å²) < 4.78 is 6.22. The molecule has 1 aromatic carbocycles. The van der Waals surface area contributed by atoms with Crippen molar-refractivity contribution in [2.75, 3.05) is 26.7 Å². The highest BCUT2D eigenvalue weighted by Gasteiger charge is 2.27. The van der Waals surface area contributed by atoms with E-state index in [-0.39, 0.29) is 35.9 Å². The van der Waals surface area contributed by atoms with E-state index in [1.807, 2.05) is 6.92 Å². The van der Waals surface area contributed by atoms with Gasteiger partial charge in [0.25, 0.3) is 0 Å². The van der Waals surface area contributed by atoms with E-state index in [1.165, 1.54) is 11.1 Å². The van der Waals surface area contributed by atoms with Gasteiger partial charge in [-0.05, 0) is 49.9 Å². The standard InChI is InChI=1S/C18H26BrN3O2.HI/c1-4-24-17(23)14-7-9-22(10-8-14)18(20-3)21-12-15-5-6-16(19)11-13(15)2;/h5-6,11,14H,4,7-10,12H2,1-3H3,(H,20,21);1H. The number of guanidine groups is 1. The Bertz CT molecular complexity index is 602. The van der Waals surface area contributed by atoms with Gasteiger partial charge in [0.15, 0.2) is 5.96 Å². The number of nitrogens with zero attached hydrogens (tertiary/aromatic N) is 2. The molecule has 25 heavy (non-hydrogen) atoms. The number of hydrogen-bond acceptors (Lipinski definition) is 3. The number of piperidine rings is 1. The number of aliphatic imine (C=N–C) groups is 1. The van der Waals surface area contributed by atoms with E-state index in [4.69, 9.17) is 4.74 Å². The van der Waals surface area contributed by atoms with Crippen LogP contribution in [0.3, 0.4) is 0 Å². The third-order valence-electron chi connectivity index (χ3n) is 4.37. The van der Waals surface area contributed by atoms with E-state index in [0.29, 0.717) is 6.61 Å². The minimum Gasteiger partial charge on any atom is -0.466 e. The second-order valence-electron chi connectivity index (χ2n) is 5.98. The molecule has 0 bridgehead atoms. The average Bonchev–Trinajstić information content (AvgIpc) is 2.58. The first-order chi connectivity index (χ1) is 11.5. The molecule has 1 heterocycles. The lowest BCUT2D eigenvalue weighted by atomic mass is 9.97. The minimum atomic E-state index is -0.0643. The van der Waals surface area contributed by atoms with Crippen molar-refractivity contribution < 1.29 is 9.53 Å². The zero-order valence-corrected chi connectivity index (χ0v) is 19.0. The highest BCUT2D eigenvalue weighted by Crippen LogP contribution is 2.19. The van der Waals surface area contributed by atoms with E-state index in [1.54, 1.807) is 7.05 Å². The van der Waals surface area contributed by atoms with Crippen molar-refractivity contribution >= 4 is 51.8 Å². The predicted octanol–water partition coefficient (Wildman–Crippen LogP) is 3.73. The Hall–Kier alpha value is -0.830. The molecule has 1 fully saturated rings. The van der Waals surface area contributed by atoms with E-state index < -0.39 is 0 Å². The first-order valence-electron chi connectivity index (χ1n) is 8.42. The Kier molecular flexibility index (Phi) is 9.78. The summed E-state index contributed by atoms with van der Waals surface area (Å²) in [4.78, 5) is 18.4. The van der Waals surface area contributed by atoms with E-state index in [2.05, 4.69) is 56.3 Å². The largest absolute Gasteiger partial charge is 0.466 e. The van der Waals surface area contributed by atoms with Gasteiger partial charge in [-0.1, -0.05) is 22.0 Å². The summed E-state index contributed by atoms with van der Waals surface area (Å²) in [5.74, 6) is 0.846. The van der Waals surface area contributed by atoms with Crippen molar-refractivity contribution in [2.45, 2.75) is 33.2 Å². The first-order valence-corrected chi connectivity index (χ1v) is 9.21. The van der Waals surface area contributed by atoms with E-state index in [9.17, 15) is 4.79 Å². The van der Waals surface area contributed by atoms with Gasteiger partial charge in [-0.2, -0.15) is 0 Å². The molecule has 1 aromatic rings. The molecule has 0 saturated carbocycles. The molecule has 1 saturated heterocycles. The zero-order valence-electron chi connectivity index (χ0n) is 15.0. The first kappa shape index (κ1) is 22.2. The average molecular weight is 524 g/mol. The van der Waals surface area contributed by atoms with Crippen molar-refractivity contribution in [3.05, 3.63) is 33.8 Å². The Morgan fingerprint density at radius 3 is 2.64 bits per heavy atom. The third-order valence-corrected chi connectivity index (χ3v) is 4.86. The molecule has 0 aliphatic carbocycles. The summed E-state index contributed by atoms with van der Waals surface area (Å²) >= 11 is 3.49. The molecule has 5 nitrogen and oxygen atoms in total. The molecule has 0 radical (unpaired) electrons. The van der Waals surface area contributed by atoms with Crippen molar-refractivity contribution in [1.29, 1.82) is 0 Å². The predicted molar refractivity (Wildman–Crippen MR) is 115 cm³/mol. The summed E-state index contributed by atoms with van der Waals surface area (Å²) in [6.07, 6.45) is 1.63. The number of esters is 1.